The molecule has 0 atom stereocenters. The van der Waals surface area contributed by atoms with E-state index in [0.29, 0.717) is 0 Å². The van der Waals surface area contributed by atoms with Crippen molar-refractivity contribution in [3.05, 3.63) is 24.4 Å². The van der Waals surface area contributed by atoms with Crippen LogP contribution in [0.25, 0.3) is 0 Å². The standard InChI is InChI=1S/C20H39NO/c1-5-6-7-8-9-11-14-20(4)21-16-12-10-13-17-22-18-15-19(2)3/h21H,2,4-18H2,1,3H3. The highest BCUT2D eigenvalue weighted by Gasteiger charge is 1.96. The molecule has 0 aromatic rings. The Morgan fingerprint density at radius 1 is 0.818 bits per heavy atom. The SMILES string of the molecule is C=C(C)CCOCCCCCNC(=C)CCCCCCCC. The minimum absolute atomic E-state index is 0.822. The lowest BCUT2D eigenvalue weighted by Gasteiger charge is -2.09. The Balaban J connectivity index is 3.16. The Morgan fingerprint density at radius 2 is 1.50 bits per heavy atom. The van der Waals surface area contributed by atoms with Crippen molar-refractivity contribution in [1.82, 2.24) is 5.32 Å². The van der Waals surface area contributed by atoms with Crippen LogP contribution in [0.4, 0.5) is 0 Å². The minimum atomic E-state index is 0.822. The topological polar surface area (TPSA) is 21.3 Å². The predicted octanol–water partition coefficient (Wildman–Crippen LogP) is 5.99. The van der Waals surface area contributed by atoms with Gasteiger partial charge in [0.05, 0.1) is 6.61 Å². The van der Waals surface area contributed by atoms with Crippen LogP contribution >= 0.6 is 0 Å². The smallest absolute Gasteiger partial charge is 0.0502 e. The van der Waals surface area contributed by atoms with Crippen molar-refractivity contribution in [3.8, 4) is 0 Å². The highest BCUT2D eigenvalue weighted by Crippen LogP contribution is 2.09. The zero-order valence-corrected chi connectivity index (χ0v) is 15.2. The highest BCUT2D eigenvalue weighted by atomic mass is 16.5. The Morgan fingerprint density at radius 3 is 2.23 bits per heavy atom. The van der Waals surface area contributed by atoms with E-state index in [1.165, 1.54) is 62.6 Å². The Kier molecular flexibility index (Phi) is 16.0. The molecule has 0 aliphatic carbocycles. The first kappa shape index (κ1) is 21.2. The summed E-state index contributed by atoms with van der Waals surface area (Å²) in [5.41, 5.74) is 2.42. The van der Waals surface area contributed by atoms with E-state index in [-0.39, 0.29) is 0 Å². The van der Waals surface area contributed by atoms with Crippen molar-refractivity contribution < 1.29 is 4.74 Å². The van der Waals surface area contributed by atoms with Gasteiger partial charge < -0.3 is 10.1 Å². The highest BCUT2D eigenvalue weighted by molar-refractivity contribution is 4.90. The maximum Gasteiger partial charge on any atom is 0.0502 e. The van der Waals surface area contributed by atoms with Gasteiger partial charge in [-0.2, -0.15) is 0 Å². The van der Waals surface area contributed by atoms with E-state index < -0.39 is 0 Å². The first-order chi connectivity index (χ1) is 10.7. The largest absolute Gasteiger partial charge is 0.389 e. The number of unbranched alkanes of at least 4 members (excludes halogenated alkanes) is 7. The van der Waals surface area contributed by atoms with Gasteiger partial charge in [-0.3, -0.25) is 0 Å². The molecule has 0 aliphatic rings. The summed E-state index contributed by atoms with van der Waals surface area (Å²) in [6, 6.07) is 0. The summed E-state index contributed by atoms with van der Waals surface area (Å²) in [6.45, 7) is 15.1. The third-order valence-electron chi connectivity index (χ3n) is 3.85. The van der Waals surface area contributed by atoms with Gasteiger partial charge >= 0.3 is 0 Å². The molecule has 2 heteroatoms. The van der Waals surface area contributed by atoms with Crippen LogP contribution in [0.3, 0.4) is 0 Å². The number of rotatable bonds is 17. The summed E-state index contributed by atoms with van der Waals surface area (Å²) in [5.74, 6) is 0. The van der Waals surface area contributed by atoms with Crippen LogP contribution in [-0.4, -0.2) is 19.8 Å². The van der Waals surface area contributed by atoms with E-state index in [1.54, 1.807) is 0 Å². The fourth-order valence-corrected chi connectivity index (χ4v) is 2.33. The van der Waals surface area contributed by atoms with Crippen LogP contribution in [0.5, 0.6) is 0 Å². The van der Waals surface area contributed by atoms with Crippen LogP contribution < -0.4 is 5.32 Å². The van der Waals surface area contributed by atoms with Crippen molar-refractivity contribution in [2.75, 3.05) is 19.8 Å². The molecule has 130 valence electrons. The third kappa shape index (κ3) is 17.3. The fourth-order valence-electron chi connectivity index (χ4n) is 2.33. The van der Waals surface area contributed by atoms with E-state index in [1.807, 2.05) is 6.92 Å². The summed E-state index contributed by atoms with van der Waals surface area (Å²) < 4.78 is 5.57. The van der Waals surface area contributed by atoms with Crippen molar-refractivity contribution in [1.29, 1.82) is 0 Å². The summed E-state index contributed by atoms with van der Waals surface area (Å²) >= 11 is 0. The number of hydrogen-bond acceptors (Lipinski definition) is 2. The number of allylic oxidation sites excluding steroid dienone is 1. The molecule has 0 fully saturated rings. The minimum Gasteiger partial charge on any atom is -0.389 e. The Bertz CT molecular complexity index is 273. The summed E-state index contributed by atoms with van der Waals surface area (Å²) in [6.07, 6.45) is 13.8. The quantitative estimate of drug-likeness (QED) is 0.263. The zero-order chi connectivity index (χ0) is 16.5. The lowest BCUT2D eigenvalue weighted by molar-refractivity contribution is 0.133. The van der Waals surface area contributed by atoms with E-state index in [4.69, 9.17) is 4.74 Å². The van der Waals surface area contributed by atoms with E-state index in [0.717, 1.165) is 39.0 Å². The molecule has 0 aromatic carbocycles. The molecule has 0 bridgehead atoms. The second kappa shape index (κ2) is 16.6. The maximum atomic E-state index is 5.57. The molecular formula is C20H39NO. The molecular weight excluding hydrogens is 270 g/mol. The average Bonchev–Trinajstić information content (AvgIpc) is 2.48. The van der Waals surface area contributed by atoms with Crippen LogP contribution in [0, 0.1) is 0 Å². The zero-order valence-electron chi connectivity index (χ0n) is 15.2. The molecule has 0 spiro atoms. The van der Waals surface area contributed by atoms with Gasteiger partial charge in [-0.05, 0) is 45.4 Å². The third-order valence-corrected chi connectivity index (χ3v) is 3.85. The molecule has 0 saturated heterocycles. The number of nitrogens with one attached hydrogen (secondary N) is 1. The first-order valence-corrected chi connectivity index (χ1v) is 9.30. The van der Waals surface area contributed by atoms with Gasteiger partial charge in [0.1, 0.15) is 0 Å². The van der Waals surface area contributed by atoms with Gasteiger partial charge in [-0.15, -0.1) is 6.58 Å². The lowest BCUT2D eigenvalue weighted by Crippen LogP contribution is -2.14. The normalized spacial score (nSPS) is 10.6. The van der Waals surface area contributed by atoms with Crippen molar-refractivity contribution in [2.45, 2.75) is 84.5 Å². The van der Waals surface area contributed by atoms with Gasteiger partial charge in [0.25, 0.3) is 0 Å². The van der Waals surface area contributed by atoms with Crippen LogP contribution in [0.2, 0.25) is 0 Å². The van der Waals surface area contributed by atoms with Crippen LogP contribution in [0.15, 0.2) is 24.4 Å². The Labute approximate surface area is 139 Å². The van der Waals surface area contributed by atoms with Crippen molar-refractivity contribution >= 4 is 0 Å². The summed E-state index contributed by atoms with van der Waals surface area (Å²) in [5, 5.41) is 3.45. The van der Waals surface area contributed by atoms with Gasteiger partial charge in [0, 0.05) is 18.8 Å². The second-order valence-corrected chi connectivity index (χ2v) is 6.43. The van der Waals surface area contributed by atoms with E-state index in [9.17, 15) is 0 Å². The number of hydrogen-bond donors (Lipinski definition) is 1. The van der Waals surface area contributed by atoms with Gasteiger partial charge in [0.15, 0.2) is 0 Å². The molecule has 0 heterocycles. The average molecular weight is 310 g/mol. The summed E-state index contributed by atoms with van der Waals surface area (Å²) in [4.78, 5) is 0. The van der Waals surface area contributed by atoms with Crippen LogP contribution in [0.1, 0.15) is 84.5 Å². The van der Waals surface area contributed by atoms with E-state index in [2.05, 4.69) is 25.4 Å². The van der Waals surface area contributed by atoms with E-state index >= 15 is 0 Å². The molecule has 0 aromatic heterocycles. The van der Waals surface area contributed by atoms with Crippen molar-refractivity contribution in [2.24, 2.45) is 0 Å². The molecule has 2 nitrogen and oxygen atoms in total. The van der Waals surface area contributed by atoms with Crippen LogP contribution in [-0.2, 0) is 4.74 Å². The predicted molar refractivity (Wildman–Crippen MR) is 99.2 cm³/mol. The van der Waals surface area contributed by atoms with Gasteiger partial charge in [0.2, 0.25) is 0 Å². The second-order valence-electron chi connectivity index (χ2n) is 6.43. The molecule has 0 aliphatic heterocycles. The lowest BCUT2D eigenvalue weighted by atomic mass is 10.1. The fraction of sp³-hybridized carbons (Fsp3) is 0.800. The first-order valence-electron chi connectivity index (χ1n) is 9.30. The molecule has 0 amide bonds. The maximum absolute atomic E-state index is 5.57. The van der Waals surface area contributed by atoms with Gasteiger partial charge in [-0.25, -0.2) is 0 Å². The molecule has 0 radical (unpaired) electrons. The number of ether oxygens (including phenoxy) is 1. The van der Waals surface area contributed by atoms with Gasteiger partial charge in [-0.1, -0.05) is 51.2 Å². The van der Waals surface area contributed by atoms with Crippen molar-refractivity contribution in [3.63, 3.8) is 0 Å². The molecule has 0 unspecified atom stereocenters. The molecule has 22 heavy (non-hydrogen) atoms. The molecule has 0 rings (SSSR count). The molecule has 1 N–H and O–H groups in total. The summed E-state index contributed by atoms with van der Waals surface area (Å²) in [7, 11) is 0. The Hall–Kier alpha value is -0.760. The monoisotopic (exact) mass is 309 g/mol. The molecule has 0 saturated carbocycles.